The normalized spacial score (nSPS) is 13.0. The van der Waals surface area contributed by atoms with Crippen molar-refractivity contribution in [2.45, 2.75) is 26.4 Å². The van der Waals surface area contributed by atoms with E-state index < -0.39 is 6.10 Å². The summed E-state index contributed by atoms with van der Waals surface area (Å²) in [5.74, 6) is 0. The van der Waals surface area contributed by atoms with Crippen LogP contribution in [0.25, 0.3) is 0 Å². The van der Waals surface area contributed by atoms with Gasteiger partial charge in [0.1, 0.15) is 0 Å². The van der Waals surface area contributed by atoms with Crippen molar-refractivity contribution in [3.05, 3.63) is 33.5 Å². The lowest BCUT2D eigenvalue weighted by Crippen LogP contribution is -2.02. The van der Waals surface area contributed by atoms with Gasteiger partial charge in [0.25, 0.3) is 0 Å². The van der Waals surface area contributed by atoms with Crippen LogP contribution >= 0.6 is 11.3 Å². The van der Waals surface area contributed by atoms with E-state index in [-0.39, 0.29) is 0 Å². The molecule has 0 spiro atoms. The van der Waals surface area contributed by atoms with Crippen LogP contribution < -0.4 is 0 Å². The summed E-state index contributed by atoms with van der Waals surface area (Å²) in [6, 6.07) is 0. The van der Waals surface area contributed by atoms with Gasteiger partial charge in [-0.1, -0.05) is 0 Å². The number of thiazole rings is 1. The molecule has 0 radical (unpaired) electrons. The van der Waals surface area contributed by atoms with Gasteiger partial charge in [-0.25, -0.2) is 4.98 Å². The zero-order chi connectivity index (χ0) is 10.8. The average molecular weight is 223 g/mol. The molecule has 2 rings (SSSR count). The third-order valence-corrected chi connectivity index (χ3v) is 3.22. The first kappa shape index (κ1) is 10.3. The fourth-order valence-corrected chi connectivity index (χ4v) is 2.35. The highest BCUT2D eigenvalue weighted by molar-refractivity contribution is 7.11. The zero-order valence-electron chi connectivity index (χ0n) is 8.69. The molecule has 0 aliphatic heterocycles. The van der Waals surface area contributed by atoms with E-state index in [0.717, 1.165) is 16.3 Å². The van der Waals surface area contributed by atoms with Crippen LogP contribution in [0.15, 0.2) is 12.4 Å². The number of aromatic amines is 1. The molecule has 2 aromatic heterocycles. The molecule has 2 aromatic rings. The van der Waals surface area contributed by atoms with Gasteiger partial charge in [-0.3, -0.25) is 5.10 Å². The van der Waals surface area contributed by atoms with E-state index in [1.54, 1.807) is 23.7 Å². The number of nitrogens with zero attached hydrogens (tertiary/aromatic N) is 2. The number of aliphatic hydroxyl groups is 1. The van der Waals surface area contributed by atoms with Crippen LogP contribution in [0, 0.1) is 13.8 Å². The summed E-state index contributed by atoms with van der Waals surface area (Å²) in [5.41, 5.74) is 1.78. The second kappa shape index (κ2) is 4.12. The molecule has 0 aromatic carbocycles. The molecule has 0 fully saturated rings. The van der Waals surface area contributed by atoms with Crippen LogP contribution in [0.5, 0.6) is 0 Å². The Labute approximate surface area is 92.0 Å². The van der Waals surface area contributed by atoms with E-state index in [9.17, 15) is 5.11 Å². The van der Waals surface area contributed by atoms with Crippen molar-refractivity contribution in [3.63, 3.8) is 0 Å². The molecule has 2 heterocycles. The largest absolute Gasteiger partial charge is 0.388 e. The molecule has 0 aliphatic rings. The predicted molar refractivity (Wildman–Crippen MR) is 58.8 cm³/mol. The first-order valence-corrected chi connectivity index (χ1v) is 5.58. The number of hydrogen-bond acceptors (Lipinski definition) is 4. The smallest absolute Gasteiger partial charge is 0.0900 e. The standard InChI is InChI=1S/C10H13N3OS/c1-6-9(13-7(2)15-6)3-10(14)8-4-11-12-5-8/h4-5,10,14H,3H2,1-2H3,(H,11,12). The van der Waals surface area contributed by atoms with Crippen LogP contribution in [-0.2, 0) is 6.42 Å². The molecule has 15 heavy (non-hydrogen) atoms. The molecule has 1 atom stereocenters. The van der Waals surface area contributed by atoms with Gasteiger partial charge in [0.2, 0.25) is 0 Å². The maximum Gasteiger partial charge on any atom is 0.0900 e. The first-order chi connectivity index (χ1) is 7.16. The average Bonchev–Trinajstić information content (AvgIpc) is 2.76. The van der Waals surface area contributed by atoms with Crippen molar-refractivity contribution in [2.75, 3.05) is 0 Å². The molecule has 5 heteroatoms. The summed E-state index contributed by atoms with van der Waals surface area (Å²) >= 11 is 1.66. The number of H-pyrrole nitrogens is 1. The van der Waals surface area contributed by atoms with Crippen molar-refractivity contribution < 1.29 is 5.11 Å². The highest BCUT2D eigenvalue weighted by Gasteiger charge is 2.13. The van der Waals surface area contributed by atoms with Crippen molar-refractivity contribution in [3.8, 4) is 0 Å². The molecule has 4 nitrogen and oxygen atoms in total. The van der Waals surface area contributed by atoms with E-state index in [1.165, 1.54) is 4.88 Å². The molecule has 0 amide bonds. The molecule has 0 saturated heterocycles. The molecule has 0 aliphatic carbocycles. The quantitative estimate of drug-likeness (QED) is 0.833. The number of rotatable bonds is 3. The monoisotopic (exact) mass is 223 g/mol. The predicted octanol–water partition coefficient (Wildman–Crippen LogP) is 1.76. The van der Waals surface area contributed by atoms with Crippen LogP contribution in [0.1, 0.15) is 27.2 Å². The van der Waals surface area contributed by atoms with Gasteiger partial charge in [-0.05, 0) is 13.8 Å². The maximum absolute atomic E-state index is 9.90. The summed E-state index contributed by atoms with van der Waals surface area (Å²) in [5, 5.41) is 17.4. The van der Waals surface area contributed by atoms with Crippen LogP contribution in [0.3, 0.4) is 0 Å². The van der Waals surface area contributed by atoms with E-state index >= 15 is 0 Å². The minimum absolute atomic E-state index is 0.524. The molecule has 0 saturated carbocycles. The SMILES string of the molecule is Cc1nc(CC(O)c2cn[nH]c2)c(C)s1. The number of aliphatic hydroxyl groups excluding tert-OH is 1. The topological polar surface area (TPSA) is 61.8 Å². The number of aromatic nitrogens is 3. The Hall–Kier alpha value is -1.20. The molecule has 1 unspecified atom stereocenters. The van der Waals surface area contributed by atoms with Crippen molar-refractivity contribution in [1.82, 2.24) is 15.2 Å². The summed E-state index contributed by atoms with van der Waals surface area (Å²) in [6.07, 6.45) is 3.37. The summed E-state index contributed by atoms with van der Waals surface area (Å²) in [6.45, 7) is 4.01. The summed E-state index contributed by atoms with van der Waals surface area (Å²) < 4.78 is 0. The minimum Gasteiger partial charge on any atom is -0.388 e. The Bertz CT molecular complexity index is 435. The summed E-state index contributed by atoms with van der Waals surface area (Å²) in [7, 11) is 0. The highest BCUT2D eigenvalue weighted by Crippen LogP contribution is 2.22. The van der Waals surface area contributed by atoms with E-state index in [4.69, 9.17) is 0 Å². The van der Waals surface area contributed by atoms with E-state index in [1.807, 2.05) is 13.8 Å². The Morgan fingerprint density at radius 3 is 2.87 bits per heavy atom. The van der Waals surface area contributed by atoms with E-state index in [0.29, 0.717) is 6.42 Å². The lowest BCUT2D eigenvalue weighted by atomic mass is 10.1. The third kappa shape index (κ3) is 2.24. The molecular formula is C10H13N3OS. The van der Waals surface area contributed by atoms with Gasteiger partial charge < -0.3 is 5.11 Å². The van der Waals surface area contributed by atoms with Gasteiger partial charge in [0, 0.05) is 23.1 Å². The van der Waals surface area contributed by atoms with Crippen LogP contribution in [0.2, 0.25) is 0 Å². The third-order valence-electron chi connectivity index (χ3n) is 2.29. The van der Waals surface area contributed by atoms with Crippen molar-refractivity contribution in [2.24, 2.45) is 0 Å². The Kier molecular flexibility index (Phi) is 2.83. The fraction of sp³-hybridized carbons (Fsp3) is 0.400. The van der Waals surface area contributed by atoms with Crippen molar-refractivity contribution >= 4 is 11.3 Å². The van der Waals surface area contributed by atoms with Crippen LogP contribution in [0.4, 0.5) is 0 Å². The summed E-state index contributed by atoms with van der Waals surface area (Å²) in [4.78, 5) is 5.56. The van der Waals surface area contributed by atoms with E-state index in [2.05, 4.69) is 15.2 Å². The maximum atomic E-state index is 9.90. The van der Waals surface area contributed by atoms with Gasteiger partial charge in [0.15, 0.2) is 0 Å². The molecular weight excluding hydrogens is 210 g/mol. The second-order valence-electron chi connectivity index (χ2n) is 3.49. The van der Waals surface area contributed by atoms with Gasteiger partial charge in [-0.2, -0.15) is 5.10 Å². The van der Waals surface area contributed by atoms with Gasteiger partial charge in [0.05, 0.1) is 23.0 Å². The minimum atomic E-state index is -0.524. The molecule has 80 valence electrons. The Balaban J connectivity index is 2.12. The van der Waals surface area contributed by atoms with Gasteiger partial charge >= 0.3 is 0 Å². The Morgan fingerprint density at radius 2 is 2.33 bits per heavy atom. The zero-order valence-corrected chi connectivity index (χ0v) is 9.51. The fourth-order valence-electron chi connectivity index (χ4n) is 1.51. The molecule has 0 bridgehead atoms. The number of hydrogen-bond donors (Lipinski definition) is 2. The second-order valence-corrected chi connectivity index (χ2v) is 4.89. The molecule has 2 N–H and O–H groups in total. The lowest BCUT2D eigenvalue weighted by Gasteiger charge is -2.06. The van der Waals surface area contributed by atoms with Crippen molar-refractivity contribution in [1.29, 1.82) is 0 Å². The number of nitrogens with one attached hydrogen (secondary N) is 1. The Morgan fingerprint density at radius 1 is 1.53 bits per heavy atom. The number of aryl methyl sites for hydroxylation is 2. The first-order valence-electron chi connectivity index (χ1n) is 4.76. The lowest BCUT2D eigenvalue weighted by molar-refractivity contribution is 0.177. The highest BCUT2D eigenvalue weighted by atomic mass is 32.1. The van der Waals surface area contributed by atoms with Crippen LogP contribution in [-0.4, -0.2) is 20.3 Å². The van der Waals surface area contributed by atoms with Gasteiger partial charge in [-0.15, -0.1) is 11.3 Å².